The summed E-state index contributed by atoms with van der Waals surface area (Å²) >= 11 is 14.2. The van der Waals surface area contributed by atoms with Gasteiger partial charge in [0.2, 0.25) is 11.8 Å². The molecule has 0 unspecified atom stereocenters. The third kappa shape index (κ3) is 7.25. The van der Waals surface area contributed by atoms with Gasteiger partial charge in [0, 0.05) is 45.3 Å². The molecule has 2 rings (SSSR count). The first-order valence-electron chi connectivity index (χ1n) is 9.50. The van der Waals surface area contributed by atoms with Gasteiger partial charge < -0.3 is 10.2 Å². The third-order valence-electron chi connectivity index (χ3n) is 4.32. The Balaban J connectivity index is 2.14. The van der Waals surface area contributed by atoms with Crippen LogP contribution in [0.2, 0.25) is 10.0 Å². The molecule has 0 saturated heterocycles. The van der Waals surface area contributed by atoms with Gasteiger partial charge in [-0.1, -0.05) is 47.5 Å². The standard InChI is InChI=1S/C22H26Cl2N2O2S/c1-15(2)25-22(28)16(3)26(14-18-19(23)10-7-11-20(18)24)21(27)12-13-29-17-8-5-4-6-9-17/h4-11,15-16H,12-14H2,1-3H3,(H,25,28)/t16-/m1/s1. The van der Waals surface area contributed by atoms with Gasteiger partial charge in [0.15, 0.2) is 0 Å². The molecule has 0 aliphatic rings. The molecule has 2 aromatic carbocycles. The maximum absolute atomic E-state index is 13.0. The second kappa shape index (κ2) is 11.5. The number of benzene rings is 2. The van der Waals surface area contributed by atoms with E-state index < -0.39 is 6.04 Å². The minimum atomic E-state index is -0.640. The van der Waals surface area contributed by atoms with Gasteiger partial charge in [-0.25, -0.2) is 0 Å². The summed E-state index contributed by atoms with van der Waals surface area (Å²) < 4.78 is 0. The van der Waals surface area contributed by atoms with Crippen molar-refractivity contribution in [2.24, 2.45) is 0 Å². The van der Waals surface area contributed by atoms with Gasteiger partial charge >= 0.3 is 0 Å². The summed E-state index contributed by atoms with van der Waals surface area (Å²) in [4.78, 5) is 28.3. The molecule has 0 aliphatic heterocycles. The number of halogens is 2. The molecule has 4 nitrogen and oxygen atoms in total. The normalized spacial score (nSPS) is 11.9. The molecule has 0 heterocycles. The van der Waals surface area contributed by atoms with Crippen molar-refractivity contribution in [3.63, 3.8) is 0 Å². The molecule has 7 heteroatoms. The molecule has 1 atom stereocenters. The Bertz CT molecular complexity index is 811. The lowest BCUT2D eigenvalue weighted by Gasteiger charge is -2.30. The summed E-state index contributed by atoms with van der Waals surface area (Å²) in [6.07, 6.45) is 0.306. The molecule has 29 heavy (non-hydrogen) atoms. The number of hydrogen-bond acceptors (Lipinski definition) is 3. The molecular weight excluding hydrogens is 427 g/mol. The van der Waals surface area contributed by atoms with Crippen LogP contribution >= 0.6 is 35.0 Å². The van der Waals surface area contributed by atoms with Crippen LogP contribution in [0.15, 0.2) is 53.4 Å². The van der Waals surface area contributed by atoms with E-state index in [-0.39, 0.29) is 24.4 Å². The van der Waals surface area contributed by atoms with Gasteiger partial charge in [-0.15, -0.1) is 11.8 Å². The number of carbonyl (C=O) groups is 2. The van der Waals surface area contributed by atoms with E-state index in [1.165, 1.54) is 0 Å². The SMILES string of the molecule is CC(C)NC(=O)[C@@H](C)N(Cc1c(Cl)cccc1Cl)C(=O)CCSc1ccccc1. The number of amides is 2. The summed E-state index contributed by atoms with van der Waals surface area (Å²) in [7, 11) is 0. The quantitative estimate of drug-likeness (QED) is 0.516. The Labute approximate surface area is 187 Å². The van der Waals surface area contributed by atoms with E-state index in [1.807, 2.05) is 44.2 Å². The summed E-state index contributed by atoms with van der Waals surface area (Å²) in [5.41, 5.74) is 0.643. The fourth-order valence-electron chi connectivity index (χ4n) is 2.76. The first-order valence-corrected chi connectivity index (χ1v) is 11.2. The molecule has 0 spiro atoms. The molecule has 0 bridgehead atoms. The highest BCUT2D eigenvalue weighted by Gasteiger charge is 2.27. The van der Waals surface area contributed by atoms with Crippen LogP contribution in [0.3, 0.4) is 0 Å². The lowest BCUT2D eigenvalue weighted by atomic mass is 10.1. The highest BCUT2D eigenvalue weighted by atomic mass is 35.5. The second-order valence-corrected chi connectivity index (χ2v) is 8.96. The minimum Gasteiger partial charge on any atom is -0.352 e. The van der Waals surface area contributed by atoms with Crippen molar-refractivity contribution < 1.29 is 9.59 Å². The predicted octanol–water partition coefficient (Wildman–Crippen LogP) is 5.42. The van der Waals surface area contributed by atoms with Crippen molar-refractivity contribution in [3.05, 3.63) is 64.1 Å². The molecule has 2 amide bonds. The van der Waals surface area contributed by atoms with Gasteiger partial charge in [0.25, 0.3) is 0 Å². The second-order valence-electron chi connectivity index (χ2n) is 6.97. The molecule has 2 aromatic rings. The van der Waals surface area contributed by atoms with Crippen molar-refractivity contribution in [1.29, 1.82) is 0 Å². The zero-order chi connectivity index (χ0) is 21.4. The number of rotatable bonds is 9. The number of carbonyl (C=O) groups excluding carboxylic acids is 2. The van der Waals surface area contributed by atoms with Crippen LogP contribution in [-0.4, -0.2) is 34.6 Å². The number of nitrogens with one attached hydrogen (secondary N) is 1. The fourth-order valence-corrected chi connectivity index (χ4v) is 4.14. The third-order valence-corrected chi connectivity index (χ3v) is 6.04. The van der Waals surface area contributed by atoms with Crippen LogP contribution in [0, 0.1) is 0 Å². The average Bonchev–Trinajstić information content (AvgIpc) is 2.67. The highest BCUT2D eigenvalue weighted by molar-refractivity contribution is 7.99. The summed E-state index contributed by atoms with van der Waals surface area (Å²) in [5.74, 6) is 0.303. The smallest absolute Gasteiger partial charge is 0.242 e. The van der Waals surface area contributed by atoms with E-state index in [0.29, 0.717) is 27.8 Å². The van der Waals surface area contributed by atoms with Crippen molar-refractivity contribution in [3.8, 4) is 0 Å². The Morgan fingerprint density at radius 3 is 2.21 bits per heavy atom. The van der Waals surface area contributed by atoms with Crippen LogP contribution in [0.4, 0.5) is 0 Å². The Morgan fingerprint density at radius 1 is 1.00 bits per heavy atom. The van der Waals surface area contributed by atoms with E-state index in [2.05, 4.69) is 5.32 Å². The summed E-state index contributed by atoms with van der Waals surface area (Å²) in [6.45, 7) is 5.68. The van der Waals surface area contributed by atoms with Crippen LogP contribution in [0.1, 0.15) is 32.8 Å². The monoisotopic (exact) mass is 452 g/mol. The Hall–Kier alpha value is -1.69. The molecule has 0 fully saturated rings. The largest absolute Gasteiger partial charge is 0.352 e. The molecule has 156 valence electrons. The van der Waals surface area contributed by atoms with E-state index in [1.54, 1.807) is 41.8 Å². The lowest BCUT2D eigenvalue weighted by Crippen LogP contribution is -2.49. The first-order chi connectivity index (χ1) is 13.8. The van der Waals surface area contributed by atoms with Crippen molar-refractivity contribution in [2.75, 3.05) is 5.75 Å². The minimum absolute atomic E-state index is 0.0144. The van der Waals surface area contributed by atoms with Gasteiger partial charge in [-0.3, -0.25) is 9.59 Å². The van der Waals surface area contributed by atoms with Crippen molar-refractivity contribution in [2.45, 2.75) is 50.7 Å². The topological polar surface area (TPSA) is 49.4 Å². The van der Waals surface area contributed by atoms with E-state index >= 15 is 0 Å². The van der Waals surface area contributed by atoms with Crippen molar-refractivity contribution in [1.82, 2.24) is 10.2 Å². The summed E-state index contributed by atoms with van der Waals surface area (Å²) in [5, 5.41) is 3.83. The summed E-state index contributed by atoms with van der Waals surface area (Å²) in [6, 6.07) is 14.5. The van der Waals surface area contributed by atoms with E-state index in [9.17, 15) is 9.59 Å². The van der Waals surface area contributed by atoms with Crippen LogP contribution in [0.5, 0.6) is 0 Å². The maximum Gasteiger partial charge on any atom is 0.242 e. The molecule has 1 N–H and O–H groups in total. The zero-order valence-corrected chi connectivity index (χ0v) is 19.2. The van der Waals surface area contributed by atoms with Gasteiger partial charge in [0.05, 0.1) is 0 Å². The van der Waals surface area contributed by atoms with Crippen LogP contribution in [0.25, 0.3) is 0 Å². The highest BCUT2D eigenvalue weighted by Crippen LogP contribution is 2.27. The van der Waals surface area contributed by atoms with Crippen LogP contribution in [-0.2, 0) is 16.1 Å². The van der Waals surface area contributed by atoms with Crippen LogP contribution < -0.4 is 5.32 Å². The van der Waals surface area contributed by atoms with Gasteiger partial charge in [0.1, 0.15) is 6.04 Å². The molecule has 0 aromatic heterocycles. The van der Waals surface area contributed by atoms with E-state index in [4.69, 9.17) is 23.2 Å². The van der Waals surface area contributed by atoms with Crippen molar-refractivity contribution >= 4 is 46.8 Å². The Kier molecular flexibility index (Phi) is 9.34. The number of nitrogens with zero attached hydrogens (tertiary/aromatic N) is 1. The number of hydrogen-bond donors (Lipinski definition) is 1. The average molecular weight is 453 g/mol. The van der Waals surface area contributed by atoms with E-state index in [0.717, 1.165) is 4.90 Å². The lowest BCUT2D eigenvalue weighted by molar-refractivity contribution is -0.140. The predicted molar refractivity (Wildman–Crippen MR) is 122 cm³/mol. The molecular formula is C22H26Cl2N2O2S. The molecule has 0 aliphatic carbocycles. The number of thioether (sulfide) groups is 1. The fraction of sp³-hybridized carbons (Fsp3) is 0.364. The Morgan fingerprint density at radius 2 is 1.62 bits per heavy atom. The first kappa shape index (κ1) is 23.6. The zero-order valence-electron chi connectivity index (χ0n) is 16.8. The molecule has 0 radical (unpaired) electrons. The molecule has 0 saturated carbocycles. The van der Waals surface area contributed by atoms with Gasteiger partial charge in [-0.05, 0) is 45.0 Å². The maximum atomic E-state index is 13.0. The van der Waals surface area contributed by atoms with Gasteiger partial charge in [-0.2, -0.15) is 0 Å².